The Morgan fingerprint density at radius 1 is 1.02 bits per heavy atom. The summed E-state index contributed by atoms with van der Waals surface area (Å²) in [5.74, 6) is -1.97. The number of alkyl halides is 3. The normalized spacial score (nSPS) is 17.5. The van der Waals surface area contributed by atoms with E-state index >= 15 is 0 Å². The summed E-state index contributed by atoms with van der Waals surface area (Å²) < 4.78 is 38.1. The Bertz CT molecular complexity index is 1070. The number of carbonyl (C=O) groups is 3. The summed E-state index contributed by atoms with van der Waals surface area (Å²) in [6, 6.07) is 7.40. The van der Waals surface area contributed by atoms with Gasteiger partial charge in [0.1, 0.15) is 12.1 Å². The molecule has 5 atom stereocenters. The molecule has 0 spiro atoms. The quantitative estimate of drug-likeness (QED) is 0.183. The summed E-state index contributed by atoms with van der Waals surface area (Å²) in [6.07, 6.45) is 0.336. The second-order valence-corrected chi connectivity index (χ2v) is 12.3. The van der Waals surface area contributed by atoms with Gasteiger partial charge in [-0.3, -0.25) is 19.3 Å². The summed E-state index contributed by atoms with van der Waals surface area (Å²) in [5.41, 5.74) is 0.810. The molecule has 1 aromatic carbocycles. The van der Waals surface area contributed by atoms with Crippen LogP contribution < -0.4 is 10.6 Å². The maximum atomic E-state index is 13.6. The molecule has 1 aliphatic carbocycles. The summed E-state index contributed by atoms with van der Waals surface area (Å²) in [4.78, 5) is 42.5. The number of hydrogen-bond donors (Lipinski definition) is 4. The maximum Gasteiger partial charge on any atom is 0.401 e. The highest BCUT2D eigenvalue weighted by Gasteiger charge is 2.33. The van der Waals surface area contributed by atoms with Crippen molar-refractivity contribution in [3.05, 3.63) is 48.6 Å². The zero-order valence-electron chi connectivity index (χ0n) is 26.8. The van der Waals surface area contributed by atoms with E-state index in [2.05, 4.69) is 17.2 Å². The third kappa shape index (κ3) is 13.9. The summed E-state index contributed by atoms with van der Waals surface area (Å²) >= 11 is 0. The Kier molecular flexibility index (Phi) is 16.0. The van der Waals surface area contributed by atoms with Gasteiger partial charge in [-0.05, 0) is 37.8 Å². The van der Waals surface area contributed by atoms with E-state index in [-0.39, 0.29) is 38.3 Å². The van der Waals surface area contributed by atoms with Gasteiger partial charge in [-0.15, -0.1) is 6.58 Å². The van der Waals surface area contributed by atoms with Gasteiger partial charge in [-0.1, -0.05) is 75.4 Å². The van der Waals surface area contributed by atoms with Gasteiger partial charge in [0.25, 0.3) is 0 Å². The Labute approximate surface area is 265 Å². The number of carbonyl (C=O) groups excluding carboxylic acids is 3. The molecule has 0 bridgehead atoms. The molecule has 0 heterocycles. The molecule has 45 heavy (non-hydrogen) atoms. The third-order valence-electron chi connectivity index (χ3n) is 8.49. The van der Waals surface area contributed by atoms with Crippen molar-refractivity contribution in [2.75, 3.05) is 33.7 Å². The van der Waals surface area contributed by atoms with Crippen LogP contribution in [0.3, 0.4) is 0 Å². The van der Waals surface area contributed by atoms with Crippen LogP contribution >= 0.6 is 0 Å². The molecule has 0 aliphatic heterocycles. The predicted molar refractivity (Wildman–Crippen MR) is 167 cm³/mol. The van der Waals surface area contributed by atoms with E-state index in [1.54, 1.807) is 6.92 Å². The highest BCUT2D eigenvalue weighted by molar-refractivity contribution is 5.91. The predicted octanol–water partition coefficient (Wildman–Crippen LogP) is 3.45. The highest BCUT2D eigenvalue weighted by Crippen LogP contribution is 2.28. The van der Waals surface area contributed by atoms with E-state index < -0.39 is 60.7 Å². The number of aliphatic hydroxyl groups is 2. The largest absolute Gasteiger partial charge is 0.401 e. The van der Waals surface area contributed by atoms with Crippen LogP contribution in [-0.2, 0) is 20.8 Å². The van der Waals surface area contributed by atoms with Gasteiger partial charge in [-0.2, -0.15) is 13.2 Å². The molecule has 254 valence electrons. The molecule has 0 radical (unpaired) electrons. The molecule has 1 saturated carbocycles. The number of aliphatic hydroxyl groups excluding tert-OH is 2. The molecule has 1 fully saturated rings. The fourth-order valence-electron chi connectivity index (χ4n) is 5.72. The van der Waals surface area contributed by atoms with Crippen LogP contribution in [0.5, 0.6) is 0 Å². The number of hydrogen-bond acceptors (Lipinski definition) is 6. The molecule has 1 aromatic rings. The van der Waals surface area contributed by atoms with E-state index in [9.17, 15) is 37.8 Å². The van der Waals surface area contributed by atoms with Crippen molar-refractivity contribution in [1.82, 2.24) is 20.4 Å². The molecule has 0 unspecified atom stereocenters. The first kappa shape index (κ1) is 38.2. The van der Waals surface area contributed by atoms with Crippen LogP contribution in [0, 0.1) is 11.8 Å². The molecular formula is C33H51F3N4O5. The third-order valence-corrected chi connectivity index (χ3v) is 8.49. The van der Waals surface area contributed by atoms with E-state index in [0.29, 0.717) is 6.42 Å². The minimum absolute atomic E-state index is 0.00377. The lowest BCUT2D eigenvalue weighted by Crippen LogP contribution is -2.55. The monoisotopic (exact) mass is 640 g/mol. The molecule has 2 rings (SSSR count). The number of likely N-dealkylation sites (N-methyl/N-ethyl adjacent to an activating group) is 2. The first-order valence-corrected chi connectivity index (χ1v) is 15.9. The number of benzene rings is 1. The van der Waals surface area contributed by atoms with Crippen molar-refractivity contribution >= 4 is 17.7 Å². The Morgan fingerprint density at radius 2 is 1.67 bits per heavy atom. The van der Waals surface area contributed by atoms with Crippen LogP contribution in [0.4, 0.5) is 13.2 Å². The fourth-order valence-corrected chi connectivity index (χ4v) is 5.72. The van der Waals surface area contributed by atoms with Gasteiger partial charge in [0, 0.05) is 26.6 Å². The molecule has 1 aliphatic rings. The van der Waals surface area contributed by atoms with Gasteiger partial charge in [-0.25, -0.2) is 0 Å². The first-order valence-electron chi connectivity index (χ1n) is 15.9. The number of halogens is 3. The van der Waals surface area contributed by atoms with Crippen LogP contribution in [0.1, 0.15) is 63.9 Å². The maximum absolute atomic E-state index is 13.6. The van der Waals surface area contributed by atoms with E-state index in [0.717, 1.165) is 42.6 Å². The van der Waals surface area contributed by atoms with Crippen LogP contribution in [0.2, 0.25) is 0 Å². The molecule has 3 amide bonds. The van der Waals surface area contributed by atoms with Crippen molar-refractivity contribution in [3.8, 4) is 0 Å². The van der Waals surface area contributed by atoms with E-state index in [1.807, 2.05) is 30.3 Å². The zero-order chi connectivity index (χ0) is 33.6. The van der Waals surface area contributed by atoms with Gasteiger partial charge >= 0.3 is 6.18 Å². The molecule has 0 saturated heterocycles. The highest BCUT2D eigenvalue weighted by atomic mass is 19.4. The Balaban J connectivity index is 2.13. The number of nitrogens with one attached hydrogen (secondary N) is 2. The lowest BCUT2D eigenvalue weighted by molar-refractivity contribution is -0.144. The summed E-state index contributed by atoms with van der Waals surface area (Å²) in [6.45, 7) is 4.23. The average Bonchev–Trinajstić information content (AvgIpc) is 3.00. The molecule has 0 aromatic heterocycles. The summed E-state index contributed by atoms with van der Waals surface area (Å²) in [7, 11) is 2.81. The standard InChI is InChI=1S/C33H51F3N4O5/c1-5-26(32(45)38-27(30(43)28(41)6-2)20-24-15-11-8-12-16-24)37-31(44)25(19-23-13-9-7-10-14-23)21-29(42)40(4)18-17-39(3)22-33(34,35)36/h6-7,9-10,13-14,24-28,30,41,43H,2,5,8,11-12,15-22H2,1,3-4H3,(H,37,44)(H,38,45)/t25-,26+,27+,28+,30-/m1/s1. The van der Waals surface area contributed by atoms with Gasteiger partial charge in [0.2, 0.25) is 17.7 Å². The smallest absolute Gasteiger partial charge is 0.388 e. The fraction of sp³-hybridized carbons (Fsp3) is 0.667. The second-order valence-electron chi connectivity index (χ2n) is 12.3. The van der Waals surface area contributed by atoms with Gasteiger partial charge in [0.05, 0.1) is 24.6 Å². The SMILES string of the molecule is C=C[C@H](O)[C@H](O)[C@H](CC1CCCCC1)NC(=O)[C@H](CC)NC(=O)[C@@H](CC(=O)N(C)CCN(C)CC(F)(F)F)Cc1ccccc1. The van der Waals surface area contributed by atoms with Crippen molar-refractivity contribution < 1.29 is 37.8 Å². The minimum Gasteiger partial charge on any atom is -0.388 e. The molecule has 12 heteroatoms. The second kappa shape index (κ2) is 18.9. The number of nitrogens with zero attached hydrogens (tertiary/aromatic N) is 2. The van der Waals surface area contributed by atoms with Crippen LogP contribution in [-0.4, -0.2) is 102 Å². The Hall–Kier alpha value is -2.96. The molecular weight excluding hydrogens is 589 g/mol. The number of rotatable bonds is 18. The number of amides is 3. The molecule has 4 N–H and O–H groups in total. The summed E-state index contributed by atoms with van der Waals surface area (Å²) in [5, 5.41) is 26.7. The van der Waals surface area contributed by atoms with E-state index in [1.165, 1.54) is 25.1 Å². The van der Waals surface area contributed by atoms with Crippen molar-refractivity contribution in [2.45, 2.75) is 95.2 Å². The van der Waals surface area contributed by atoms with Crippen molar-refractivity contribution in [1.29, 1.82) is 0 Å². The van der Waals surface area contributed by atoms with Gasteiger partial charge < -0.3 is 25.7 Å². The first-order chi connectivity index (χ1) is 21.2. The van der Waals surface area contributed by atoms with E-state index in [4.69, 9.17) is 0 Å². The lowest BCUT2D eigenvalue weighted by atomic mass is 9.83. The van der Waals surface area contributed by atoms with Crippen LogP contribution in [0.25, 0.3) is 0 Å². The van der Waals surface area contributed by atoms with Crippen molar-refractivity contribution in [3.63, 3.8) is 0 Å². The van der Waals surface area contributed by atoms with Crippen LogP contribution in [0.15, 0.2) is 43.0 Å². The average molecular weight is 641 g/mol. The van der Waals surface area contributed by atoms with Gasteiger partial charge in [0.15, 0.2) is 0 Å². The van der Waals surface area contributed by atoms with Crippen molar-refractivity contribution in [2.24, 2.45) is 11.8 Å². The minimum atomic E-state index is -4.35. The molecule has 9 nitrogen and oxygen atoms in total. The zero-order valence-corrected chi connectivity index (χ0v) is 26.8. The lowest BCUT2D eigenvalue weighted by Gasteiger charge is -2.32. The topological polar surface area (TPSA) is 122 Å². The Morgan fingerprint density at radius 3 is 2.24 bits per heavy atom.